The van der Waals surface area contributed by atoms with Crippen molar-refractivity contribution in [2.75, 3.05) is 6.54 Å². The van der Waals surface area contributed by atoms with Crippen LogP contribution in [-0.2, 0) is 13.0 Å². The largest absolute Gasteiger partial charge is 0.453 e. The van der Waals surface area contributed by atoms with Gasteiger partial charge in [-0.15, -0.1) is 0 Å². The van der Waals surface area contributed by atoms with Gasteiger partial charge in [0.05, 0.1) is 6.54 Å². The first-order valence-electron chi connectivity index (χ1n) is 6.33. The Kier molecular flexibility index (Phi) is 3.71. The lowest BCUT2D eigenvalue weighted by Crippen LogP contribution is -2.16. The third kappa shape index (κ3) is 2.91. The molecule has 1 aromatic carbocycles. The quantitative estimate of drug-likeness (QED) is 0.701. The Morgan fingerprint density at radius 2 is 2.05 bits per heavy atom. The number of hydrogen-bond donors (Lipinski definition) is 2. The van der Waals surface area contributed by atoms with E-state index >= 15 is 0 Å². The molecule has 4 heteroatoms. The maximum Gasteiger partial charge on any atom is 0.169 e. The van der Waals surface area contributed by atoms with Crippen LogP contribution in [0.4, 0.5) is 0 Å². The fourth-order valence-corrected chi connectivity index (χ4v) is 2.56. The van der Waals surface area contributed by atoms with E-state index in [0.29, 0.717) is 0 Å². The number of hydrogen-bond acceptors (Lipinski definition) is 2. The highest BCUT2D eigenvalue weighted by Gasteiger charge is 2.03. The topological polar surface area (TPSA) is 41.0 Å². The van der Waals surface area contributed by atoms with Gasteiger partial charge in [-0.05, 0) is 52.7 Å². The molecule has 0 saturated carbocycles. The van der Waals surface area contributed by atoms with Crippen LogP contribution in [0.15, 0.2) is 51.7 Å². The van der Waals surface area contributed by atoms with Gasteiger partial charge < -0.3 is 14.7 Å². The molecule has 0 radical (unpaired) electrons. The zero-order valence-electron chi connectivity index (χ0n) is 10.4. The highest BCUT2D eigenvalue weighted by molar-refractivity contribution is 9.10. The Morgan fingerprint density at radius 3 is 2.89 bits per heavy atom. The molecule has 0 aliphatic rings. The van der Waals surface area contributed by atoms with Gasteiger partial charge in [0.2, 0.25) is 0 Å². The second-order valence-corrected chi connectivity index (χ2v) is 5.27. The molecule has 2 aromatic heterocycles. The Bertz CT molecular complexity index is 671. The number of halogens is 1. The highest BCUT2D eigenvalue weighted by Crippen LogP contribution is 2.18. The zero-order chi connectivity index (χ0) is 13.1. The summed E-state index contributed by atoms with van der Waals surface area (Å²) in [6, 6.07) is 12.3. The first kappa shape index (κ1) is 12.5. The van der Waals surface area contributed by atoms with Crippen molar-refractivity contribution in [2.45, 2.75) is 13.0 Å². The molecule has 0 atom stereocenters. The molecule has 3 rings (SSSR count). The lowest BCUT2D eigenvalue weighted by molar-refractivity contribution is 0.466. The van der Waals surface area contributed by atoms with Crippen LogP contribution < -0.4 is 5.32 Å². The Hall–Kier alpha value is -1.52. The molecule has 0 amide bonds. The van der Waals surface area contributed by atoms with Crippen molar-refractivity contribution in [3.05, 3.63) is 58.6 Å². The van der Waals surface area contributed by atoms with Crippen molar-refractivity contribution >= 4 is 26.8 Å². The van der Waals surface area contributed by atoms with E-state index in [1.807, 2.05) is 12.1 Å². The van der Waals surface area contributed by atoms with E-state index in [0.717, 1.165) is 29.9 Å². The molecule has 2 N–H and O–H groups in total. The number of aromatic nitrogens is 1. The van der Waals surface area contributed by atoms with E-state index in [1.54, 1.807) is 0 Å². The van der Waals surface area contributed by atoms with Crippen LogP contribution in [0.3, 0.4) is 0 Å². The van der Waals surface area contributed by atoms with E-state index in [1.165, 1.54) is 16.5 Å². The van der Waals surface area contributed by atoms with Crippen LogP contribution >= 0.6 is 15.9 Å². The number of rotatable bonds is 5. The van der Waals surface area contributed by atoms with Crippen LogP contribution in [0.2, 0.25) is 0 Å². The van der Waals surface area contributed by atoms with E-state index < -0.39 is 0 Å². The number of nitrogens with one attached hydrogen (secondary N) is 2. The molecule has 0 bridgehead atoms. The summed E-state index contributed by atoms with van der Waals surface area (Å²) in [6.07, 6.45) is 3.10. The summed E-state index contributed by atoms with van der Waals surface area (Å²) in [7, 11) is 0. The fourth-order valence-electron chi connectivity index (χ4n) is 2.22. The summed E-state index contributed by atoms with van der Waals surface area (Å²) in [5, 5.41) is 4.70. The van der Waals surface area contributed by atoms with Gasteiger partial charge in [0.15, 0.2) is 4.67 Å². The average molecular weight is 319 g/mol. The van der Waals surface area contributed by atoms with Gasteiger partial charge in [-0.1, -0.05) is 18.2 Å². The van der Waals surface area contributed by atoms with Crippen molar-refractivity contribution in [3.63, 3.8) is 0 Å². The van der Waals surface area contributed by atoms with Gasteiger partial charge >= 0.3 is 0 Å². The molecular weight excluding hydrogens is 304 g/mol. The lowest BCUT2D eigenvalue weighted by Gasteiger charge is -2.02. The van der Waals surface area contributed by atoms with Crippen molar-refractivity contribution in [2.24, 2.45) is 0 Å². The molecule has 98 valence electrons. The zero-order valence-corrected chi connectivity index (χ0v) is 12.0. The van der Waals surface area contributed by atoms with E-state index in [2.05, 4.69) is 56.7 Å². The third-order valence-corrected chi connectivity index (χ3v) is 3.60. The molecule has 0 unspecified atom stereocenters. The van der Waals surface area contributed by atoms with Gasteiger partial charge in [-0.2, -0.15) is 0 Å². The maximum absolute atomic E-state index is 5.44. The van der Waals surface area contributed by atoms with Gasteiger partial charge in [0.25, 0.3) is 0 Å². The van der Waals surface area contributed by atoms with Crippen molar-refractivity contribution in [3.8, 4) is 0 Å². The van der Waals surface area contributed by atoms with Crippen LogP contribution in [0.25, 0.3) is 10.9 Å². The van der Waals surface area contributed by atoms with Gasteiger partial charge in [-0.3, -0.25) is 0 Å². The number of furan rings is 1. The summed E-state index contributed by atoms with van der Waals surface area (Å²) >= 11 is 3.30. The van der Waals surface area contributed by atoms with Crippen LogP contribution in [-0.4, -0.2) is 11.5 Å². The Balaban J connectivity index is 1.55. The molecule has 19 heavy (non-hydrogen) atoms. The summed E-state index contributed by atoms with van der Waals surface area (Å²) in [4.78, 5) is 3.30. The number of H-pyrrole nitrogens is 1. The van der Waals surface area contributed by atoms with Gasteiger partial charge in [0.1, 0.15) is 5.76 Å². The Morgan fingerprint density at radius 1 is 1.16 bits per heavy atom. The van der Waals surface area contributed by atoms with E-state index in [9.17, 15) is 0 Å². The van der Waals surface area contributed by atoms with Crippen LogP contribution in [0.5, 0.6) is 0 Å². The number of aromatic amines is 1. The molecule has 3 aromatic rings. The van der Waals surface area contributed by atoms with Crippen molar-refractivity contribution < 1.29 is 4.42 Å². The van der Waals surface area contributed by atoms with E-state index in [-0.39, 0.29) is 0 Å². The number of fused-ring (bicyclic) bond motifs is 1. The third-order valence-electron chi connectivity index (χ3n) is 3.17. The minimum absolute atomic E-state index is 0.758. The van der Waals surface area contributed by atoms with E-state index in [4.69, 9.17) is 4.42 Å². The summed E-state index contributed by atoms with van der Waals surface area (Å²) in [5.74, 6) is 0.950. The predicted molar refractivity (Wildman–Crippen MR) is 80.1 cm³/mol. The molecule has 0 spiro atoms. The van der Waals surface area contributed by atoms with Gasteiger partial charge in [-0.25, -0.2) is 0 Å². The smallest absolute Gasteiger partial charge is 0.169 e. The second-order valence-electron chi connectivity index (χ2n) is 4.49. The second kappa shape index (κ2) is 5.63. The lowest BCUT2D eigenvalue weighted by atomic mass is 10.1. The summed E-state index contributed by atoms with van der Waals surface area (Å²) in [5.41, 5.74) is 2.55. The first-order valence-corrected chi connectivity index (χ1v) is 7.12. The standard InChI is InChI=1S/C15H15BrN2O/c16-15-6-5-12(19-15)10-17-8-7-11-9-18-14-4-2-1-3-13(11)14/h1-6,9,17-18H,7-8,10H2. The van der Waals surface area contributed by atoms with Gasteiger partial charge in [0, 0.05) is 17.1 Å². The summed E-state index contributed by atoms with van der Waals surface area (Å²) in [6.45, 7) is 1.69. The van der Waals surface area contributed by atoms with Crippen LogP contribution in [0.1, 0.15) is 11.3 Å². The molecule has 3 nitrogen and oxygen atoms in total. The maximum atomic E-state index is 5.44. The molecule has 0 fully saturated rings. The van der Waals surface area contributed by atoms with Crippen molar-refractivity contribution in [1.82, 2.24) is 10.3 Å². The SMILES string of the molecule is Brc1ccc(CNCCc2c[nH]c3ccccc23)o1. The predicted octanol–water partition coefficient (Wildman–Crippen LogP) is 3.86. The molecule has 2 heterocycles. The summed E-state index contributed by atoms with van der Waals surface area (Å²) < 4.78 is 6.22. The van der Waals surface area contributed by atoms with Crippen molar-refractivity contribution in [1.29, 1.82) is 0 Å². The highest BCUT2D eigenvalue weighted by atomic mass is 79.9. The Labute approximate surface area is 120 Å². The average Bonchev–Trinajstić information content (AvgIpc) is 3.02. The number of benzene rings is 1. The minimum atomic E-state index is 0.758. The molecule has 0 saturated heterocycles. The molecule has 0 aliphatic carbocycles. The monoisotopic (exact) mass is 318 g/mol. The normalized spacial score (nSPS) is 11.2. The number of para-hydroxylation sites is 1. The molecule has 0 aliphatic heterocycles. The first-order chi connectivity index (χ1) is 9.33. The molecular formula is C15H15BrN2O. The minimum Gasteiger partial charge on any atom is -0.453 e. The fraction of sp³-hybridized carbons (Fsp3) is 0.200. The van der Waals surface area contributed by atoms with Crippen LogP contribution in [0, 0.1) is 0 Å².